The number of ether oxygens (including phenoxy) is 2. The summed E-state index contributed by atoms with van der Waals surface area (Å²) in [4.78, 5) is 29.7. The van der Waals surface area contributed by atoms with Gasteiger partial charge < -0.3 is 14.8 Å². The lowest BCUT2D eigenvalue weighted by molar-refractivity contribution is -0.121. The summed E-state index contributed by atoms with van der Waals surface area (Å²) in [7, 11) is 3.20. The molecule has 4 aromatic rings. The van der Waals surface area contributed by atoms with Crippen LogP contribution in [0.2, 0.25) is 0 Å². The average Bonchev–Trinajstić information content (AvgIpc) is 2.87. The third-order valence-electron chi connectivity index (χ3n) is 5.56. The van der Waals surface area contributed by atoms with E-state index in [0.29, 0.717) is 24.8 Å². The highest BCUT2D eigenvalue weighted by Crippen LogP contribution is 2.24. The van der Waals surface area contributed by atoms with Crippen molar-refractivity contribution in [1.82, 2.24) is 20.1 Å². The van der Waals surface area contributed by atoms with Gasteiger partial charge in [-0.3, -0.25) is 14.6 Å². The molecule has 0 saturated carbocycles. The van der Waals surface area contributed by atoms with Gasteiger partial charge in [0.05, 0.1) is 25.3 Å². The number of carbonyl (C=O) groups is 1. The van der Waals surface area contributed by atoms with Crippen molar-refractivity contribution in [2.75, 3.05) is 20.8 Å². The molecule has 0 saturated heterocycles. The number of carbonyl (C=O) groups excluding carboxylic acids is 1. The first-order valence-corrected chi connectivity index (χ1v) is 10.9. The maximum absolute atomic E-state index is 13.0. The monoisotopic (exact) mass is 458 g/mol. The number of nitrogens with one attached hydrogen (secondary N) is 1. The lowest BCUT2D eigenvalue weighted by Gasteiger charge is -2.13. The summed E-state index contributed by atoms with van der Waals surface area (Å²) < 4.78 is 11.9. The number of methoxy groups -OCH3 is 2. The smallest absolute Gasteiger partial charge is 0.275 e. The third-order valence-corrected chi connectivity index (χ3v) is 5.56. The highest BCUT2D eigenvalue weighted by Gasteiger charge is 2.14. The first-order chi connectivity index (χ1) is 16.6. The molecule has 8 nitrogen and oxygen atoms in total. The first-order valence-electron chi connectivity index (χ1n) is 10.9. The quantitative estimate of drug-likeness (QED) is 0.414. The van der Waals surface area contributed by atoms with Gasteiger partial charge in [-0.05, 0) is 53.9 Å². The molecular weight excluding hydrogens is 432 g/mol. The molecule has 1 N–H and O–H groups in total. The van der Waals surface area contributed by atoms with Crippen LogP contribution in [0.25, 0.3) is 10.8 Å². The fourth-order valence-corrected chi connectivity index (χ4v) is 3.84. The summed E-state index contributed by atoms with van der Waals surface area (Å²) in [6, 6.07) is 16.7. The molecule has 1 amide bonds. The average molecular weight is 459 g/mol. The third kappa shape index (κ3) is 5.23. The number of hydrogen-bond donors (Lipinski definition) is 1. The van der Waals surface area contributed by atoms with E-state index < -0.39 is 0 Å². The van der Waals surface area contributed by atoms with E-state index in [2.05, 4.69) is 15.4 Å². The Morgan fingerprint density at radius 3 is 2.50 bits per heavy atom. The van der Waals surface area contributed by atoms with Gasteiger partial charge in [0.25, 0.3) is 5.56 Å². The Kier molecular flexibility index (Phi) is 7.17. The molecule has 2 heterocycles. The van der Waals surface area contributed by atoms with Crippen molar-refractivity contribution < 1.29 is 14.3 Å². The maximum atomic E-state index is 13.0. The predicted molar refractivity (Wildman–Crippen MR) is 129 cm³/mol. The van der Waals surface area contributed by atoms with Crippen LogP contribution in [0.5, 0.6) is 11.5 Å². The Hall–Kier alpha value is -4.20. The Morgan fingerprint density at radius 1 is 1.00 bits per heavy atom. The number of fused-ring (bicyclic) bond motifs is 1. The number of nitrogens with zero attached hydrogens (tertiary/aromatic N) is 3. The van der Waals surface area contributed by atoms with Gasteiger partial charge in [-0.2, -0.15) is 5.10 Å². The number of benzene rings is 2. The van der Waals surface area contributed by atoms with E-state index in [1.807, 2.05) is 48.5 Å². The number of hydrogen-bond acceptors (Lipinski definition) is 6. The Morgan fingerprint density at radius 2 is 1.76 bits per heavy atom. The van der Waals surface area contributed by atoms with E-state index in [9.17, 15) is 9.59 Å². The minimum atomic E-state index is -0.293. The van der Waals surface area contributed by atoms with Crippen molar-refractivity contribution in [3.63, 3.8) is 0 Å². The van der Waals surface area contributed by atoms with Crippen LogP contribution in [0, 0.1) is 0 Å². The summed E-state index contributed by atoms with van der Waals surface area (Å²) >= 11 is 0. The van der Waals surface area contributed by atoms with E-state index in [-0.39, 0.29) is 18.0 Å². The highest BCUT2D eigenvalue weighted by molar-refractivity contribution is 5.84. The van der Waals surface area contributed by atoms with Crippen LogP contribution in [-0.4, -0.2) is 41.4 Å². The largest absolute Gasteiger partial charge is 0.497 e. The van der Waals surface area contributed by atoms with E-state index in [4.69, 9.17) is 9.47 Å². The minimum Gasteiger partial charge on any atom is -0.497 e. The molecule has 2 aromatic carbocycles. The van der Waals surface area contributed by atoms with Crippen LogP contribution in [-0.2, 0) is 24.2 Å². The molecule has 2 aromatic heterocycles. The molecule has 0 aliphatic carbocycles. The molecule has 0 aliphatic rings. The molecule has 0 spiro atoms. The van der Waals surface area contributed by atoms with Crippen LogP contribution < -0.4 is 20.3 Å². The Labute approximate surface area is 197 Å². The highest BCUT2D eigenvalue weighted by atomic mass is 16.5. The summed E-state index contributed by atoms with van der Waals surface area (Å²) in [5.74, 6) is 1.15. The molecule has 0 bridgehead atoms. The van der Waals surface area contributed by atoms with Gasteiger partial charge in [0.2, 0.25) is 5.91 Å². The van der Waals surface area contributed by atoms with Gasteiger partial charge in [0.15, 0.2) is 0 Å². The van der Waals surface area contributed by atoms with Crippen LogP contribution in [0.1, 0.15) is 16.8 Å². The standard InChI is InChI=1S/C26H26N4O4/c1-33-20-7-8-24(34-2)19(16-20)11-14-28-25(31)17-30-26(32)22-6-4-3-5-21(22)23(29-30)15-18-9-12-27-13-10-18/h3-10,12-13,16H,11,14-15,17H2,1-2H3,(H,28,31). The molecule has 0 radical (unpaired) electrons. The fourth-order valence-electron chi connectivity index (χ4n) is 3.84. The van der Waals surface area contributed by atoms with Crippen LogP contribution in [0.15, 0.2) is 71.8 Å². The second-order valence-corrected chi connectivity index (χ2v) is 7.77. The zero-order chi connectivity index (χ0) is 23.9. The van der Waals surface area contributed by atoms with Gasteiger partial charge in [0.1, 0.15) is 18.0 Å². The first kappa shape index (κ1) is 23.0. The van der Waals surface area contributed by atoms with Crippen molar-refractivity contribution >= 4 is 16.7 Å². The number of aromatic nitrogens is 3. The van der Waals surface area contributed by atoms with Crippen LogP contribution >= 0.6 is 0 Å². The minimum absolute atomic E-state index is 0.164. The van der Waals surface area contributed by atoms with Crippen molar-refractivity contribution in [3.8, 4) is 11.5 Å². The summed E-state index contributed by atoms with van der Waals surface area (Å²) in [6.45, 7) is 0.219. The number of pyridine rings is 1. The Bertz CT molecular complexity index is 1350. The molecule has 4 rings (SSSR count). The summed E-state index contributed by atoms with van der Waals surface area (Å²) in [5, 5.41) is 8.73. The maximum Gasteiger partial charge on any atom is 0.275 e. The SMILES string of the molecule is COc1ccc(OC)c(CCNC(=O)Cn2nc(Cc3ccncc3)c3ccccc3c2=O)c1. The van der Waals surface area contributed by atoms with E-state index in [0.717, 1.165) is 33.7 Å². The summed E-state index contributed by atoms with van der Waals surface area (Å²) in [6.07, 6.45) is 4.52. The molecular formula is C26H26N4O4. The molecule has 174 valence electrons. The Balaban J connectivity index is 1.50. The van der Waals surface area contributed by atoms with Crippen molar-refractivity contribution in [1.29, 1.82) is 0 Å². The zero-order valence-corrected chi connectivity index (χ0v) is 19.2. The lowest BCUT2D eigenvalue weighted by atomic mass is 10.1. The molecule has 0 unspecified atom stereocenters. The van der Waals surface area contributed by atoms with E-state index in [1.165, 1.54) is 4.68 Å². The van der Waals surface area contributed by atoms with Crippen LogP contribution in [0.3, 0.4) is 0 Å². The normalized spacial score (nSPS) is 10.8. The van der Waals surface area contributed by atoms with Gasteiger partial charge in [0, 0.05) is 30.7 Å². The van der Waals surface area contributed by atoms with Crippen LogP contribution in [0.4, 0.5) is 0 Å². The van der Waals surface area contributed by atoms with Crippen molar-refractivity contribution in [2.24, 2.45) is 0 Å². The molecule has 0 aliphatic heterocycles. The van der Waals surface area contributed by atoms with Crippen molar-refractivity contribution in [3.05, 3.63) is 94.2 Å². The van der Waals surface area contributed by atoms with Gasteiger partial charge >= 0.3 is 0 Å². The second kappa shape index (κ2) is 10.6. The van der Waals surface area contributed by atoms with Crippen molar-refractivity contribution in [2.45, 2.75) is 19.4 Å². The lowest BCUT2D eigenvalue weighted by Crippen LogP contribution is -2.35. The zero-order valence-electron chi connectivity index (χ0n) is 19.2. The van der Waals surface area contributed by atoms with Gasteiger partial charge in [-0.1, -0.05) is 18.2 Å². The molecule has 0 atom stereocenters. The number of amides is 1. The van der Waals surface area contributed by atoms with Gasteiger partial charge in [-0.15, -0.1) is 0 Å². The van der Waals surface area contributed by atoms with Gasteiger partial charge in [-0.25, -0.2) is 4.68 Å². The second-order valence-electron chi connectivity index (χ2n) is 7.77. The fraction of sp³-hybridized carbons (Fsp3) is 0.231. The number of rotatable bonds is 9. The topological polar surface area (TPSA) is 95.3 Å². The molecule has 8 heteroatoms. The van der Waals surface area contributed by atoms with E-state index in [1.54, 1.807) is 32.7 Å². The molecule has 34 heavy (non-hydrogen) atoms. The predicted octanol–water partition coefficient (Wildman–Crippen LogP) is 2.76. The molecule has 0 fully saturated rings. The van der Waals surface area contributed by atoms with E-state index >= 15 is 0 Å². The summed E-state index contributed by atoms with van der Waals surface area (Å²) in [5.41, 5.74) is 2.38.